The minimum atomic E-state index is 0.553. The van der Waals surface area contributed by atoms with Gasteiger partial charge in [0.25, 0.3) is 0 Å². The van der Waals surface area contributed by atoms with Gasteiger partial charge in [0.05, 0.1) is 11.7 Å². The number of fused-ring (bicyclic) bond motifs is 1. The lowest BCUT2D eigenvalue weighted by molar-refractivity contribution is 0.361. The molecule has 124 valence electrons. The monoisotopic (exact) mass is 328 g/mol. The molecule has 0 radical (unpaired) electrons. The second kappa shape index (κ2) is 5.88. The molecule has 1 aromatic heterocycles. The molecule has 0 N–H and O–H groups in total. The van der Waals surface area contributed by atoms with E-state index < -0.39 is 0 Å². The fourth-order valence-electron chi connectivity index (χ4n) is 3.99. The van der Waals surface area contributed by atoms with E-state index in [2.05, 4.69) is 74.6 Å². The summed E-state index contributed by atoms with van der Waals surface area (Å²) in [6.07, 6.45) is 0. The molecule has 4 heteroatoms. The normalized spacial score (nSPS) is 21.8. The molecule has 25 heavy (non-hydrogen) atoms. The zero-order valence-corrected chi connectivity index (χ0v) is 14.0. The summed E-state index contributed by atoms with van der Waals surface area (Å²) < 4.78 is 0. The quantitative estimate of drug-likeness (QED) is 0.737. The van der Waals surface area contributed by atoms with Crippen molar-refractivity contribution in [2.75, 3.05) is 29.4 Å². The van der Waals surface area contributed by atoms with Crippen LogP contribution in [-0.2, 0) is 0 Å². The summed E-state index contributed by atoms with van der Waals surface area (Å²) in [5, 5.41) is 8.93. The summed E-state index contributed by atoms with van der Waals surface area (Å²) in [6.45, 7) is 3.28. The van der Waals surface area contributed by atoms with Gasteiger partial charge in [-0.05, 0) is 24.3 Å². The number of hydrogen-bond donors (Lipinski definition) is 0. The molecule has 0 amide bonds. The van der Waals surface area contributed by atoms with Crippen LogP contribution < -0.4 is 9.80 Å². The van der Waals surface area contributed by atoms with Crippen molar-refractivity contribution in [3.8, 4) is 11.3 Å². The Balaban J connectivity index is 1.31. The van der Waals surface area contributed by atoms with Crippen LogP contribution in [0.1, 0.15) is 0 Å². The van der Waals surface area contributed by atoms with E-state index in [-0.39, 0.29) is 0 Å². The molecule has 2 aliphatic heterocycles. The smallest absolute Gasteiger partial charge is 0.151 e. The molecular formula is C21H20N4. The summed E-state index contributed by atoms with van der Waals surface area (Å²) >= 11 is 0. The highest BCUT2D eigenvalue weighted by molar-refractivity contribution is 5.60. The van der Waals surface area contributed by atoms with Crippen LogP contribution in [0.15, 0.2) is 72.8 Å². The third kappa shape index (κ3) is 2.54. The summed E-state index contributed by atoms with van der Waals surface area (Å²) in [4.78, 5) is 4.89. The number of nitrogens with zero attached hydrogens (tertiary/aromatic N) is 4. The SMILES string of the molecule is c1ccc(-c2ccc(N3C[C@H]4CN(c5ccccc5)C[C@H]43)nn2)cc1. The number of benzene rings is 2. The van der Waals surface area contributed by atoms with Crippen molar-refractivity contribution in [2.24, 2.45) is 5.92 Å². The third-order valence-corrected chi connectivity index (χ3v) is 5.37. The first-order valence-corrected chi connectivity index (χ1v) is 8.84. The van der Waals surface area contributed by atoms with E-state index in [0.717, 1.165) is 42.6 Å². The van der Waals surface area contributed by atoms with Crippen LogP contribution in [0.2, 0.25) is 0 Å². The minimum absolute atomic E-state index is 0.553. The molecule has 0 saturated carbocycles. The Labute approximate surface area is 147 Å². The molecule has 3 aromatic rings. The summed E-state index contributed by atoms with van der Waals surface area (Å²) in [7, 11) is 0. The first-order valence-electron chi connectivity index (χ1n) is 8.84. The molecule has 2 fully saturated rings. The first kappa shape index (κ1) is 14.5. The van der Waals surface area contributed by atoms with Crippen molar-refractivity contribution in [1.29, 1.82) is 0 Å². The van der Waals surface area contributed by atoms with E-state index in [1.54, 1.807) is 0 Å². The van der Waals surface area contributed by atoms with Gasteiger partial charge in [0.15, 0.2) is 5.82 Å². The molecule has 0 aliphatic carbocycles. The molecule has 2 atom stereocenters. The van der Waals surface area contributed by atoms with Crippen LogP contribution in [0, 0.1) is 5.92 Å². The largest absolute Gasteiger partial charge is 0.369 e. The van der Waals surface area contributed by atoms with E-state index in [1.807, 2.05) is 18.2 Å². The van der Waals surface area contributed by atoms with E-state index in [1.165, 1.54) is 5.69 Å². The molecule has 0 spiro atoms. The van der Waals surface area contributed by atoms with Gasteiger partial charge in [-0.3, -0.25) is 0 Å². The standard InChI is InChI=1S/C21H20N4/c1-3-7-16(8-4-1)19-11-12-21(23-22-19)25-14-17-13-24(15-20(17)25)18-9-5-2-6-10-18/h1-12,17,20H,13-15H2/t17-,20-/m1/s1. The van der Waals surface area contributed by atoms with Crippen molar-refractivity contribution in [2.45, 2.75) is 6.04 Å². The molecule has 2 aliphatic rings. The molecule has 5 rings (SSSR count). The van der Waals surface area contributed by atoms with E-state index in [0.29, 0.717) is 6.04 Å². The fourth-order valence-corrected chi connectivity index (χ4v) is 3.99. The Hall–Kier alpha value is -2.88. The van der Waals surface area contributed by atoms with E-state index in [9.17, 15) is 0 Å². The van der Waals surface area contributed by atoms with Gasteiger partial charge in [-0.15, -0.1) is 10.2 Å². The van der Waals surface area contributed by atoms with E-state index in [4.69, 9.17) is 0 Å². The maximum Gasteiger partial charge on any atom is 0.151 e. The average Bonchev–Trinajstić information content (AvgIpc) is 3.01. The minimum Gasteiger partial charge on any atom is -0.369 e. The van der Waals surface area contributed by atoms with Crippen molar-refractivity contribution >= 4 is 11.5 Å². The lowest BCUT2D eigenvalue weighted by Crippen LogP contribution is -2.56. The third-order valence-electron chi connectivity index (χ3n) is 5.37. The van der Waals surface area contributed by atoms with Crippen molar-refractivity contribution in [1.82, 2.24) is 10.2 Å². The second-order valence-electron chi connectivity index (χ2n) is 6.86. The molecule has 2 saturated heterocycles. The van der Waals surface area contributed by atoms with Crippen LogP contribution >= 0.6 is 0 Å². The summed E-state index contributed by atoms with van der Waals surface area (Å²) in [6, 6.07) is 25.6. The van der Waals surface area contributed by atoms with E-state index >= 15 is 0 Å². The van der Waals surface area contributed by atoms with Crippen LogP contribution in [-0.4, -0.2) is 35.9 Å². The maximum absolute atomic E-state index is 4.49. The number of hydrogen-bond acceptors (Lipinski definition) is 4. The Morgan fingerprint density at radius 1 is 0.720 bits per heavy atom. The predicted octanol–water partition coefficient (Wildman–Crippen LogP) is 3.47. The van der Waals surface area contributed by atoms with Crippen LogP contribution in [0.25, 0.3) is 11.3 Å². The number of aromatic nitrogens is 2. The highest BCUT2D eigenvalue weighted by Gasteiger charge is 2.46. The first-order chi connectivity index (χ1) is 12.4. The molecule has 0 unspecified atom stereocenters. The summed E-state index contributed by atoms with van der Waals surface area (Å²) in [5.74, 6) is 1.73. The van der Waals surface area contributed by atoms with Gasteiger partial charge in [-0.25, -0.2) is 0 Å². The highest BCUT2D eigenvalue weighted by atomic mass is 15.4. The lowest BCUT2D eigenvalue weighted by Gasteiger charge is -2.43. The molecule has 4 nitrogen and oxygen atoms in total. The summed E-state index contributed by atoms with van der Waals surface area (Å²) in [5.41, 5.74) is 3.36. The molecule has 3 heterocycles. The topological polar surface area (TPSA) is 32.3 Å². The average molecular weight is 328 g/mol. The van der Waals surface area contributed by atoms with Crippen molar-refractivity contribution in [3.63, 3.8) is 0 Å². The second-order valence-corrected chi connectivity index (χ2v) is 6.86. The molecule has 0 bridgehead atoms. The van der Waals surface area contributed by atoms with Gasteiger partial charge in [0.1, 0.15) is 0 Å². The predicted molar refractivity (Wildman–Crippen MR) is 101 cm³/mol. The highest BCUT2D eigenvalue weighted by Crippen LogP contribution is 2.37. The Morgan fingerprint density at radius 2 is 1.48 bits per heavy atom. The lowest BCUT2D eigenvalue weighted by atomic mass is 9.92. The van der Waals surface area contributed by atoms with Gasteiger partial charge in [-0.2, -0.15) is 0 Å². The van der Waals surface area contributed by atoms with Crippen molar-refractivity contribution in [3.05, 3.63) is 72.8 Å². The number of anilines is 2. The van der Waals surface area contributed by atoms with Crippen LogP contribution in [0.5, 0.6) is 0 Å². The van der Waals surface area contributed by atoms with Gasteiger partial charge in [0.2, 0.25) is 0 Å². The number of rotatable bonds is 3. The zero-order chi connectivity index (χ0) is 16.6. The zero-order valence-electron chi connectivity index (χ0n) is 14.0. The van der Waals surface area contributed by atoms with Crippen LogP contribution in [0.3, 0.4) is 0 Å². The van der Waals surface area contributed by atoms with Crippen LogP contribution in [0.4, 0.5) is 11.5 Å². The Morgan fingerprint density at radius 3 is 2.20 bits per heavy atom. The molecular weight excluding hydrogens is 308 g/mol. The Kier molecular flexibility index (Phi) is 3.40. The fraction of sp³-hybridized carbons (Fsp3) is 0.238. The Bertz CT molecular complexity index is 848. The van der Waals surface area contributed by atoms with Gasteiger partial charge < -0.3 is 9.80 Å². The maximum atomic E-state index is 4.49. The van der Waals surface area contributed by atoms with Gasteiger partial charge in [0, 0.05) is 36.8 Å². The number of para-hydroxylation sites is 1. The molecule has 2 aromatic carbocycles. The van der Waals surface area contributed by atoms with Gasteiger partial charge in [-0.1, -0.05) is 48.5 Å². The van der Waals surface area contributed by atoms with Crippen molar-refractivity contribution < 1.29 is 0 Å². The van der Waals surface area contributed by atoms with Gasteiger partial charge >= 0.3 is 0 Å².